The van der Waals surface area contributed by atoms with Crippen LogP contribution in [-0.4, -0.2) is 22.4 Å². The lowest BCUT2D eigenvalue weighted by Crippen LogP contribution is -2.17. The van der Waals surface area contributed by atoms with Crippen LogP contribution >= 0.6 is 15.9 Å². The van der Waals surface area contributed by atoms with Gasteiger partial charge in [0.15, 0.2) is 0 Å². The number of hydrogen-bond acceptors (Lipinski definition) is 3. The first-order valence-corrected chi connectivity index (χ1v) is 7.73. The van der Waals surface area contributed by atoms with Gasteiger partial charge in [-0.05, 0) is 40.9 Å². The lowest BCUT2D eigenvalue weighted by atomic mass is 10.2. The van der Waals surface area contributed by atoms with Gasteiger partial charge in [-0.25, -0.2) is 0 Å². The van der Waals surface area contributed by atoms with Gasteiger partial charge in [0.05, 0.1) is 11.0 Å². The molecular formula is C15H18BrN3O. The van der Waals surface area contributed by atoms with Gasteiger partial charge in [0.1, 0.15) is 12.4 Å². The highest BCUT2D eigenvalue weighted by Gasteiger charge is 2.20. The predicted octanol–water partition coefficient (Wildman–Crippen LogP) is 2.98. The molecule has 4 nitrogen and oxygen atoms in total. The number of aromatic nitrogens is 2. The molecule has 3 rings (SSSR count). The molecule has 2 aromatic rings. The fraction of sp³-hybridized carbons (Fsp3) is 0.400. The first-order chi connectivity index (χ1) is 9.83. The molecule has 0 amide bonds. The number of nitrogens with one attached hydrogen (secondary N) is 1. The summed E-state index contributed by atoms with van der Waals surface area (Å²) in [6.07, 6.45) is 6.31. The molecule has 1 aromatic heterocycles. The summed E-state index contributed by atoms with van der Waals surface area (Å²) in [6, 6.07) is 8.80. The molecule has 5 heteroatoms. The third-order valence-electron chi connectivity index (χ3n) is 3.33. The molecule has 1 fully saturated rings. The van der Waals surface area contributed by atoms with Crippen LogP contribution in [0.5, 0.6) is 5.75 Å². The van der Waals surface area contributed by atoms with Crippen molar-refractivity contribution in [1.29, 1.82) is 0 Å². The fourth-order valence-electron chi connectivity index (χ4n) is 2.07. The molecule has 0 aliphatic heterocycles. The monoisotopic (exact) mass is 335 g/mol. The van der Waals surface area contributed by atoms with Crippen molar-refractivity contribution in [2.45, 2.75) is 32.0 Å². The summed E-state index contributed by atoms with van der Waals surface area (Å²) in [5, 5.41) is 7.70. The van der Waals surface area contributed by atoms with Crippen LogP contribution in [0, 0.1) is 0 Å². The van der Waals surface area contributed by atoms with E-state index in [1.54, 1.807) is 6.20 Å². The topological polar surface area (TPSA) is 39.1 Å². The van der Waals surface area contributed by atoms with Crippen molar-refractivity contribution < 1.29 is 4.74 Å². The van der Waals surface area contributed by atoms with Crippen LogP contribution in [0.25, 0.3) is 0 Å². The molecule has 1 heterocycles. The van der Waals surface area contributed by atoms with E-state index in [9.17, 15) is 0 Å². The number of halogens is 1. The summed E-state index contributed by atoms with van der Waals surface area (Å²) < 4.78 is 8.83. The van der Waals surface area contributed by atoms with E-state index in [1.807, 2.05) is 29.1 Å². The zero-order valence-electron chi connectivity index (χ0n) is 11.3. The van der Waals surface area contributed by atoms with E-state index in [1.165, 1.54) is 18.4 Å². The molecular weight excluding hydrogens is 318 g/mol. The Balaban J connectivity index is 1.60. The van der Waals surface area contributed by atoms with Crippen LogP contribution in [0.15, 0.2) is 41.1 Å². The standard InChI is InChI=1S/C15H18BrN3O/c16-14-4-1-3-12(11-17-13-5-6-13)15(14)20-10-9-19-8-2-7-18-19/h1-4,7-8,13,17H,5-6,9-11H2. The van der Waals surface area contributed by atoms with Gasteiger partial charge < -0.3 is 10.1 Å². The Morgan fingerprint density at radius 2 is 2.25 bits per heavy atom. The summed E-state index contributed by atoms with van der Waals surface area (Å²) in [5.74, 6) is 0.938. The van der Waals surface area contributed by atoms with Crippen molar-refractivity contribution in [3.8, 4) is 5.75 Å². The summed E-state index contributed by atoms with van der Waals surface area (Å²) in [6.45, 7) is 2.23. The molecule has 1 saturated carbocycles. The minimum Gasteiger partial charge on any atom is -0.490 e. The Labute approximate surface area is 127 Å². The third-order valence-corrected chi connectivity index (χ3v) is 3.96. The fourth-order valence-corrected chi connectivity index (χ4v) is 2.59. The highest BCUT2D eigenvalue weighted by molar-refractivity contribution is 9.10. The molecule has 0 spiro atoms. The van der Waals surface area contributed by atoms with Gasteiger partial charge in [-0.3, -0.25) is 4.68 Å². The van der Waals surface area contributed by atoms with Gasteiger partial charge in [0.2, 0.25) is 0 Å². The Kier molecular flexibility index (Phi) is 4.38. The van der Waals surface area contributed by atoms with Gasteiger partial charge in [-0.15, -0.1) is 0 Å². The van der Waals surface area contributed by atoms with Gasteiger partial charge in [-0.2, -0.15) is 5.10 Å². The molecule has 1 aromatic carbocycles. The highest BCUT2D eigenvalue weighted by atomic mass is 79.9. The van der Waals surface area contributed by atoms with Gasteiger partial charge >= 0.3 is 0 Å². The van der Waals surface area contributed by atoms with Gasteiger partial charge in [0.25, 0.3) is 0 Å². The van der Waals surface area contributed by atoms with Crippen molar-refractivity contribution >= 4 is 15.9 Å². The number of benzene rings is 1. The van der Waals surface area contributed by atoms with Gasteiger partial charge in [0, 0.05) is 30.5 Å². The van der Waals surface area contributed by atoms with Crippen LogP contribution in [0.2, 0.25) is 0 Å². The molecule has 20 heavy (non-hydrogen) atoms. The number of nitrogens with zero attached hydrogens (tertiary/aromatic N) is 2. The summed E-state index contributed by atoms with van der Waals surface area (Å²) in [7, 11) is 0. The first kappa shape index (κ1) is 13.6. The predicted molar refractivity (Wildman–Crippen MR) is 81.7 cm³/mol. The van der Waals surface area contributed by atoms with E-state index in [0.717, 1.165) is 23.3 Å². The van der Waals surface area contributed by atoms with Crippen LogP contribution in [0.1, 0.15) is 18.4 Å². The quantitative estimate of drug-likeness (QED) is 0.845. The maximum atomic E-state index is 5.95. The molecule has 1 N–H and O–H groups in total. The zero-order chi connectivity index (χ0) is 13.8. The summed E-state index contributed by atoms with van der Waals surface area (Å²) >= 11 is 3.57. The molecule has 0 atom stereocenters. The number of ether oxygens (including phenoxy) is 1. The number of rotatable bonds is 7. The molecule has 1 aliphatic carbocycles. The van der Waals surface area contributed by atoms with Crippen molar-refractivity contribution in [3.63, 3.8) is 0 Å². The van der Waals surface area contributed by atoms with E-state index in [4.69, 9.17) is 4.74 Å². The van der Waals surface area contributed by atoms with E-state index in [2.05, 4.69) is 32.4 Å². The molecule has 0 saturated heterocycles. The normalized spacial score (nSPS) is 14.4. The second kappa shape index (κ2) is 6.41. The minimum atomic E-state index is 0.612. The Morgan fingerprint density at radius 3 is 3.00 bits per heavy atom. The van der Waals surface area contributed by atoms with Crippen LogP contribution in [0.3, 0.4) is 0 Å². The van der Waals surface area contributed by atoms with E-state index < -0.39 is 0 Å². The first-order valence-electron chi connectivity index (χ1n) is 6.94. The van der Waals surface area contributed by atoms with Crippen LogP contribution in [0.4, 0.5) is 0 Å². The summed E-state index contributed by atoms with van der Waals surface area (Å²) in [5.41, 5.74) is 1.20. The molecule has 1 aliphatic rings. The Hall–Kier alpha value is -1.33. The number of para-hydroxylation sites is 1. The Bertz CT molecular complexity index is 552. The highest BCUT2D eigenvalue weighted by Crippen LogP contribution is 2.30. The molecule has 0 unspecified atom stereocenters. The second-order valence-electron chi connectivity index (χ2n) is 5.00. The lowest BCUT2D eigenvalue weighted by molar-refractivity contribution is 0.286. The van der Waals surface area contributed by atoms with E-state index >= 15 is 0 Å². The van der Waals surface area contributed by atoms with Crippen molar-refractivity contribution in [3.05, 3.63) is 46.7 Å². The molecule has 0 bridgehead atoms. The number of hydrogen-bond donors (Lipinski definition) is 1. The van der Waals surface area contributed by atoms with Crippen LogP contribution in [-0.2, 0) is 13.1 Å². The van der Waals surface area contributed by atoms with Gasteiger partial charge in [-0.1, -0.05) is 12.1 Å². The smallest absolute Gasteiger partial charge is 0.138 e. The van der Waals surface area contributed by atoms with E-state index in [0.29, 0.717) is 12.6 Å². The second-order valence-corrected chi connectivity index (χ2v) is 5.86. The molecule has 0 radical (unpaired) electrons. The van der Waals surface area contributed by atoms with Crippen molar-refractivity contribution in [1.82, 2.24) is 15.1 Å². The van der Waals surface area contributed by atoms with Crippen molar-refractivity contribution in [2.24, 2.45) is 0 Å². The Morgan fingerprint density at radius 1 is 1.35 bits per heavy atom. The SMILES string of the molecule is Brc1cccc(CNC2CC2)c1OCCn1cccn1. The van der Waals surface area contributed by atoms with Crippen LogP contribution < -0.4 is 10.1 Å². The lowest BCUT2D eigenvalue weighted by Gasteiger charge is -2.14. The maximum Gasteiger partial charge on any atom is 0.138 e. The van der Waals surface area contributed by atoms with E-state index in [-0.39, 0.29) is 0 Å². The minimum absolute atomic E-state index is 0.612. The van der Waals surface area contributed by atoms with Crippen molar-refractivity contribution in [2.75, 3.05) is 6.61 Å². The molecule has 106 valence electrons. The largest absolute Gasteiger partial charge is 0.490 e. The maximum absolute atomic E-state index is 5.95. The average molecular weight is 336 g/mol. The summed E-state index contributed by atoms with van der Waals surface area (Å²) in [4.78, 5) is 0. The average Bonchev–Trinajstić information content (AvgIpc) is 3.14. The zero-order valence-corrected chi connectivity index (χ0v) is 12.8. The third kappa shape index (κ3) is 3.61.